The molecule has 0 aliphatic rings. The summed E-state index contributed by atoms with van der Waals surface area (Å²) >= 11 is 5.81. The lowest BCUT2D eigenvalue weighted by atomic mass is 10.2. The Hall–Kier alpha value is -1.10. The number of benzene rings is 1. The van der Waals surface area contributed by atoms with E-state index in [1.54, 1.807) is 12.1 Å². The quantitative estimate of drug-likeness (QED) is 0.470. The number of aliphatic imine (C=N–C) groups is 1. The number of halogens is 1. The lowest BCUT2D eigenvalue weighted by molar-refractivity contribution is -0.128. The molecule has 0 bridgehead atoms. The van der Waals surface area contributed by atoms with E-state index in [2.05, 4.69) is 4.99 Å². The Morgan fingerprint density at radius 2 is 1.78 bits per heavy atom. The van der Waals surface area contributed by atoms with Crippen molar-refractivity contribution in [2.45, 2.75) is 20.1 Å². The molecule has 0 spiro atoms. The molecule has 18 heavy (non-hydrogen) atoms. The highest BCUT2D eigenvalue weighted by Gasteiger charge is 2.07. The topological polar surface area (TPSA) is 56.8 Å². The standard InChI is InChI=1S/C13H19ClN2O2/c1-3-17-12(18-4-2)9-16-13(15)10-5-7-11(14)8-6-10/h5-8,12H,3-4,9H2,1-2H3,(H2,15,16). The van der Waals surface area contributed by atoms with Gasteiger partial charge in [-0.2, -0.15) is 0 Å². The second-order valence-corrected chi connectivity index (χ2v) is 4.01. The highest BCUT2D eigenvalue weighted by Crippen LogP contribution is 2.09. The molecule has 100 valence electrons. The van der Waals surface area contributed by atoms with E-state index in [0.717, 1.165) is 5.56 Å². The Labute approximate surface area is 113 Å². The van der Waals surface area contributed by atoms with E-state index in [-0.39, 0.29) is 6.29 Å². The molecule has 0 heterocycles. The fourth-order valence-electron chi connectivity index (χ4n) is 1.41. The van der Waals surface area contributed by atoms with Gasteiger partial charge in [-0.05, 0) is 38.1 Å². The number of rotatable bonds is 7. The monoisotopic (exact) mass is 270 g/mol. The van der Waals surface area contributed by atoms with Crippen LogP contribution in [0.1, 0.15) is 19.4 Å². The van der Waals surface area contributed by atoms with Crippen LogP contribution in [-0.2, 0) is 9.47 Å². The number of nitrogens with two attached hydrogens (primary N) is 1. The predicted molar refractivity (Wildman–Crippen MR) is 74.1 cm³/mol. The van der Waals surface area contributed by atoms with Crippen LogP contribution in [0.15, 0.2) is 29.3 Å². The molecule has 5 heteroatoms. The highest BCUT2D eigenvalue weighted by molar-refractivity contribution is 6.30. The van der Waals surface area contributed by atoms with E-state index in [1.807, 2.05) is 26.0 Å². The fourth-order valence-corrected chi connectivity index (χ4v) is 1.54. The summed E-state index contributed by atoms with van der Waals surface area (Å²) in [5.74, 6) is 0.455. The van der Waals surface area contributed by atoms with Crippen molar-refractivity contribution in [1.82, 2.24) is 0 Å². The van der Waals surface area contributed by atoms with Crippen LogP contribution in [0.2, 0.25) is 5.02 Å². The molecule has 0 radical (unpaired) electrons. The summed E-state index contributed by atoms with van der Waals surface area (Å²) in [7, 11) is 0. The summed E-state index contributed by atoms with van der Waals surface area (Å²) in [4.78, 5) is 4.26. The molecule has 0 amide bonds. The van der Waals surface area contributed by atoms with Gasteiger partial charge >= 0.3 is 0 Å². The van der Waals surface area contributed by atoms with Crippen LogP contribution in [0.3, 0.4) is 0 Å². The Kier molecular flexibility index (Phi) is 6.72. The molecule has 0 unspecified atom stereocenters. The zero-order chi connectivity index (χ0) is 13.4. The molecule has 0 fully saturated rings. The predicted octanol–water partition coefficient (Wildman–Crippen LogP) is 2.44. The average Bonchev–Trinajstić information content (AvgIpc) is 2.37. The first-order valence-electron chi connectivity index (χ1n) is 5.96. The molecule has 0 aromatic heterocycles. The molecule has 0 atom stereocenters. The third-order valence-corrected chi connectivity index (χ3v) is 2.51. The number of hydrogen-bond donors (Lipinski definition) is 1. The summed E-state index contributed by atoms with van der Waals surface area (Å²) in [6.07, 6.45) is -0.342. The summed E-state index contributed by atoms with van der Waals surface area (Å²) in [6, 6.07) is 7.22. The van der Waals surface area contributed by atoms with Gasteiger partial charge < -0.3 is 15.2 Å². The van der Waals surface area contributed by atoms with Crippen LogP contribution in [-0.4, -0.2) is 31.9 Å². The highest BCUT2D eigenvalue weighted by atomic mass is 35.5. The van der Waals surface area contributed by atoms with Crippen molar-refractivity contribution < 1.29 is 9.47 Å². The maximum atomic E-state index is 5.88. The van der Waals surface area contributed by atoms with Gasteiger partial charge in [0.2, 0.25) is 0 Å². The van der Waals surface area contributed by atoms with Crippen molar-refractivity contribution in [2.75, 3.05) is 19.8 Å². The van der Waals surface area contributed by atoms with Gasteiger partial charge in [-0.15, -0.1) is 0 Å². The van der Waals surface area contributed by atoms with E-state index < -0.39 is 0 Å². The summed E-state index contributed by atoms with van der Waals surface area (Å²) < 4.78 is 10.8. The lowest BCUT2D eigenvalue weighted by Crippen LogP contribution is -2.23. The molecule has 1 aromatic carbocycles. The van der Waals surface area contributed by atoms with Gasteiger partial charge in [0.15, 0.2) is 6.29 Å². The summed E-state index contributed by atoms with van der Waals surface area (Å²) in [5, 5.41) is 0.674. The maximum Gasteiger partial charge on any atom is 0.176 e. The number of amidine groups is 1. The van der Waals surface area contributed by atoms with E-state index >= 15 is 0 Å². The number of ether oxygens (including phenoxy) is 2. The maximum absolute atomic E-state index is 5.88. The first-order chi connectivity index (χ1) is 8.67. The van der Waals surface area contributed by atoms with Crippen LogP contribution in [0.5, 0.6) is 0 Å². The Bertz CT molecular complexity index is 373. The van der Waals surface area contributed by atoms with Gasteiger partial charge in [0.05, 0.1) is 6.54 Å². The van der Waals surface area contributed by atoms with E-state index in [9.17, 15) is 0 Å². The summed E-state index contributed by atoms with van der Waals surface area (Å²) in [6.45, 7) is 5.38. The van der Waals surface area contributed by atoms with Gasteiger partial charge in [0.25, 0.3) is 0 Å². The van der Waals surface area contributed by atoms with Gasteiger partial charge in [-0.25, -0.2) is 0 Å². The molecule has 0 saturated carbocycles. The normalized spacial score (nSPS) is 12.1. The molecule has 0 saturated heterocycles. The van der Waals surface area contributed by atoms with Crippen molar-refractivity contribution in [3.8, 4) is 0 Å². The van der Waals surface area contributed by atoms with Gasteiger partial charge in [0, 0.05) is 23.8 Å². The van der Waals surface area contributed by atoms with Crippen molar-refractivity contribution in [2.24, 2.45) is 10.7 Å². The minimum Gasteiger partial charge on any atom is -0.384 e. The second kappa shape index (κ2) is 8.08. The summed E-state index contributed by atoms with van der Waals surface area (Å²) in [5.41, 5.74) is 6.72. The van der Waals surface area contributed by atoms with Crippen molar-refractivity contribution >= 4 is 17.4 Å². The van der Waals surface area contributed by atoms with Crippen molar-refractivity contribution in [3.05, 3.63) is 34.9 Å². The third-order valence-electron chi connectivity index (χ3n) is 2.26. The van der Waals surface area contributed by atoms with E-state index in [0.29, 0.717) is 30.6 Å². The smallest absolute Gasteiger partial charge is 0.176 e. The van der Waals surface area contributed by atoms with Gasteiger partial charge in [-0.1, -0.05) is 11.6 Å². The first-order valence-corrected chi connectivity index (χ1v) is 6.34. The van der Waals surface area contributed by atoms with Gasteiger partial charge in [0.1, 0.15) is 5.84 Å². The fraction of sp³-hybridized carbons (Fsp3) is 0.462. The molecule has 2 N–H and O–H groups in total. The Morgan fingerprint density at radius 1 is 1.22 bits per heavy atom. The molecule has 4 nitrogen and oxygen atoms in total. The molecular weight excluding hydrogens is 252 g/mol. The largest absolute Gasteiger partial charge is 0.384 e. The minimum absolute atomic E-state index is 0.342. The van der Waals surface area contributed by atoms with Crippen LogP contribution in [0.4, 0.5) is 0 Å². The molecule has 1 rings (SSSR count). The zero-order valence-corrected chi connectivity index (χ0v) is 11.5. The third kappa shape index (κ3) is 5.04. The Morgan fingerprint density at radius 3 is 2.28 bits per heavy atom. The first kappa shape index (κ1) is 15.0. The molecule has 0 aliphatic carbocycles. The van der Waals surface area contributed by atoms with Crippen LogP contribution in [0.25, 0.3) is 0 Å². The number of hydrogen-bond acceptors (Lipinski definition) is 3. The second-order valence-electron chi connectivity index (χ2n) is 3.57. The minimum atomic E-state index is -0.342. The SMILES string of the molecule is CCOC(CN=C(N)c1ccc(Cl)cc1)OCC. The van der Waals surface area contributed by atoms with Gasteiger partial charge in [-0.3, -0.25) is 4.99 Å². The van der Waals surface area contributed by atoms with Crippen LogP contribution in [0, 0.1) is 0 Å². The Balaban J connectivity index is 2.61. The van der Waals surface area contributed by atoms with E-state index in [4.69, 9.17) is 26.8 Å². The molecule has 1 aromatic rings. The van der Waals surface area contributed by atoms with Crippen molar-refractivity contribution in [1.29, 1.82) is 0 Å². The molecular formula is C13H19ClN2O2. The lowest BCUT2D eigenvalue weighted by Gasteiger charge is -2.14. The molecule has 0 aliphatic heterocycles. The van der Waals surface area contributed by atoms with E-state index in [1.165, 1.54) is 0 Å². The zero-order valence-electron chi connectivity index (χ0n) is 10.7. The van der Waals surface area contributed by atoms with Crippen LogP contribution < -0.4 is 5.73 Å². The number of nitrogens with zero attached hydrogens (tertiary/aromatic N) is 1. The average molecular weight is 271 g/mol. The van der Waals surface area contributed by atoms with Crippen molar-refractivity contribution in [3.63, 3.8) is 0 Å². The van der Waals surface area contributed by atoms with Crippen LogP contribution >= 0.6 is 11.6 Å².